The lowest BCUT2D eigenvalue weighted by Gasteiger charge is -2.11. The minimum absolute atomic E-state index is 0.699. The first-order chi connectivity index (χ1) is 6.17. The number of aryl methyl sites for hydroxylation is 2. The lowest BCUT2D eigenvalue weighted by molar-refractivity contribution is 0.731. The molecule has 0 aliphatic rings. The van der Waals surface area contributed by atoms with Gasteiger partial charge in [0.25, 0.3) is 0 Å². The minimum atomic E-state index is 0.699. The third-order valence-corrected chi connectivity index (χ3v) is 2.75. The Labute approximate surface area is 82.0 Å². The van der Waals surface area contributed by atoms with Crippen molar-refractivity contribution in [2.24, 2.45) is 0 Å². The van der Waals surface area contributed by atoms with Gasteiger partial charge < -0.3 is 0 Å². The summed E-state index contributed by atoms with van der Waals surface area (Å²) < 4.78 is 0. The second-order valence-electron chi connectivity index (χ2n) is 3.91. The van der Waals surface area contributed by atoms with Crippen molar-refractivity contribution < 1.29 is 0 Å². The molecule has 1 aromatic carbocycles. The summed E-state index contributed by atoms with van der Waals surface area (Å²) in [6.07, 6.45) is 2.37. The molecular weight excluding hydrogens is 156 g/mol. The third-order valence-electron chi connectivity index (χ3n) is 2.75. The summed E-state index contributed by atoms with van der Waals surface area (Å²) in [6.45, 7) is 8.95. The number of hydrogen-bond donors (Lipinski definition) is 0. The fraction of sp³-hybridized carbons (Fsp3) is 0.538. The zero-order valence-electron chi connectivity index (χ0n) is 9.22. The van der Waals surface area contributed by atoms with E-state index >= 15 is 0 Å². The fourth-order valence-corrected chi connectivity index (χ4v) is 1.62. The molecule has 0 fully saturated rings. The Kier molecular flexibility index (Phi) is 3.53. The van der Waals surface area contributed by atoms with E-state index in [2.05, 4.69) is 45.9 Å². The van der Waals surface area contributed by atoms with Gasteiger partial charge in [-0.2, -0.15) is 0 Å². The third kappa shape index (κ3) is 2.58. The monoisotopic (exact) mass is 176 g/mol. The van der Waals surface area contributed by atoms with E-state index in [4.69, 9.17) is 0 Å². The predicted molar refractivity (Wildman–Crippen MR) is 59.3 cm³/mol. The average molecular weight is 176 g/mol. The van der Waals surface area contributed by atoms with Crippen molar-refractivity contribution in [3.8, 4) is 0 Å². The molecule has 72 valence electrons. The fourth-order valence-electron chi connectivity index (χ4n) is 1.62. The van der Waals surface area contributed by atoms with E-state index in [1.165, 1.54) is 23.1 Å². The highest BCUT2D eigenvalue weighted by molar-refractivity contribution is 5.31. The van der Waals surface area contributed by atoms with Crippen molar-refractivity contribution in [3.05, 3.63) is 34.9 Å². The SMILES string of the molecule is CCc1cc(C)cc(C(C)CC)c1. The Bertz CT molecular complexity index is 273. The molecule has 0 N–H and O–H groups in total. The molecule has 0 saturated heterocycles. The van der Waals surface area contributed by atoms with Crippen LogP contribution in [0.2, 0.25) is 0 Å². The molecule has 1 unspecified atom stereocenters. The first kappa shape index (κ1) is 10.3. The molecule has 0 aromatic heterocycles. The lowest BCUT2D eigenvalue weighted by Crippen LogP contribution is -1.94. The number of rotatable bonds is 3. The molecule has 13 heavy (non-hydrogen) atoms. The van der Waals surface area contributed by atoms with Crippen molar-refractivity contribution in [1.29, 1.82) is 0 Å². The Balaban J connectivity index is 3.01. The zero-order chi connectivity index (χ0) is 9.84. The van der Waals surface area contributed by atoms with Crippen molar-refractivity contribution in [3.63, 3.8) is 0 Å². The summed E-state index contributed by atoms with van der Waals surface area (Å²) in [6, 6.07) is 6.94. The normalized spacial score (nSPS) is 12.9. The maximum absolute atomic E-state index is 2.35. The molecule has 0 radical (unpaired) electrons. The van der Waals surface area contributed by atoms with Crippen LogP contribution in [0, 0.1) is 6.92 Å². The number of hydrogen-bond acceptors (Lipinski definition) is 0. The highest BCUT2D eigenvalue weighted by atomic mass is 14.1. The minimum Gasteiger partial charge on any atom is -0.0648 e. The smallest absolute Gasteiger partial charge is 0.0193 e. The summed E-state index contributed by atoms with van der Waals surface area (Å²) in [7, 11) is 0. The van der Waals surface area contributed by atoms with E-state index in [-0.39, 0.29) is 0 Å². The standard InChI is InChI=1S/C13H20/c1-5-11(4)13-8-10(3)7-12(6-2)9-13/h7-9,11H,5-6H2,1-4H3. The van der Waals surface area contributed by atoms with Crippen molar-refractivity contribution in [2.45, 2.75) is 46.5 Å². The molecule has 0 saturated carbocycles. The second-order valence-corrected chi connectivity index (χ2v) is 3.91. The van der Waals surface area contributed by atoms with Gasteiger partial charge in [-0.1, -0.05) is 44.5 Å². The van der Waals surface area contributed by atoms with Gasteiger partial charge in [0, 0.05) is 0 Å². The van der Waals surface area contributed by atoms with Gasteiger partial charge in [-0.15, -0.1) is 0 Å². The summed E-state index contributed by atoms with van der Waals surface area (Å²) in [5.41, 5.74) is 4.37. The van der Waals surface area contributed by atoms with Gasteiger partial charge in [0.15, 0.2) is 0 Å². The Morgan fingerprint density at radius 1 is 1.15 bits per heavy atom. The molecule has 0 aliphatic heterocycles. The van der Waals surface area contributed by atoms with Crippen LogP contribution in [0.4, 0.5) is 0 Å². The van der Waals surface area contributed by atoms with Crippen LogP contribution >= 0.6 is 0 Å². The van der Waals surface area contributed by atoms with Gasteiger partial charge in [0.1, 0.15) is 0 Å². The average Bonchev–Trinajstić information content (AvgIpc) is 2.15. The van der Waals surface area contributed by atoms with Gasteiger partial charge in [-0.3, -0.25) is 0 Å². The molecule has 0 aliphatic carbocycles. The van der Waals surface area contributed by atoms with E-state index < -0.39 is 0 Å². The summed E-state index contributed by atoms with van der Waals surface area (Å²) in [5, 5.41) is 0. The van der Waals surface area contributed by atoms with Gasteiger partial charge in [-0.25, -0.2) is 0 Å². The molecule has 1 rings (SSSR count). The van der Waals surface area contributed by atoms with Crippen molar-refractivity contribution in [1.82, 2.24) is 0 Å². The highest BCUT2D eigenvalue weighted by Crippen LogP contribution is 2.21. The lowest BCUT2D eigenvalue weighted by atomic mass is 9.94. The first-order valence-corrected chi connectivity index (χ1v) is 5.27. The molecule has 0 heteroatoms. The van der Waals surface area contributed by atoms with Gasteiger partial charge in [0.2, 0.25) is 0 Å². The van der Waals surface area contributed by atoms with Crippen LogP contribution < -0.4 is 0 Å². The van der Waals surface area contributed by atoms with E-state index in [0.717, 1.165) is 6.42 Å². The van der Waals surface area contributed by atoms with E-state index in [9.17, 15) is 0 Å². The van der Waals surface area contributed by atoms with E-state index in [1.54, 1.807) is 0 Å². The van der Waals surface area contributed by atoms with Crippen LogP contribution in [0.25, 0.3) is 0 Å². The van der Waals surface area contributed by atoms with Crippen molar-refractivity contribution in [2.75, 3.05) is 0 Å². The van der Waals surface area contributed by atoms with E-state index in [1.807, 2.05) is 0 Å². The topological polar surface area (TPSA) is 0 Å². The van der Waals surface area contributed by atoms with E-state index in [0.29, 0.717) is 5.92 Å². The highest BCUT2D eigenvalue weighted by Gasteiger charge is 2.04. The van der Waals surface area contributed by atoms with Crippen molar-refractivity contribution >= 4 is 0 Å². The van der Waals surface area contributed by atoms with Crippen LogP contribution in [0.3, 0.4) is 0 Å². The van der Waals surface area contributed by atoms with Crippen LogP contribution in [0.15, 0.2) is 18.2 Å². The van der Waals surface area contributed by atoms with Gasteiger partial charge >= 0.3 is 0 Å². The molecule has 0 heterocycles. The Morgan fingerprint density at radius 3 is 2.38 bits per heavy atom. The second kappa shape index (κ2) is 4.45. The van der Waals surface area contributed by atoms with Crippen LogP contribution in [0.1, 0.15) is 49.8 Å². The maximum Gasteiger partial charge on any atom is -0.0193 e. The maximum atomic E-state index is 2.35. The molecular formula is C13H20. The Morgan fingerprint density at radius 2 is 1.85 bits per heavy atom. The summed E-state index contributed by atoms with van der Waals surface area (Å²) >= 11 is 0. The summed E-state index contributed by atoms with van der Waals surface area (Å²) in [5.74, 6) is 0.699. The van der Waals surface area contributed by atoms with Crippen LogP contribution in [-0.2, 0) is 6.42 Å². The van der Waals surface area contributed by atoms with Gasteiger partial charge in [-0.05, 0) is 36.8 Å². The molecule has 1 aromatic rings. The van der Waals surface area contributed by atoms with Crippen LogP contribution in [-0.4, -0.2) is 0 Å². The molecule has 0 bridgehead atoms. The van der Waals surface area contributed by atoms with Crippen LogP contribution in [0.5, 0.6) is 0 Å². The molecule has 0 spiro atoms. The zero-order valence-corrected chi connectivity index (χ0v) is 9.22. The van der Waals surface area contributed by atoms with Gasteiger partial charge in [0.05, 0.1) is 0 Å². The predicted octanol–water partition coefficient (Wildman–Crippen LogP) is 4.07. The first-order valence-electron chi connectivity index (χ1n) is 5.27. The molecule has 1 atom stereocenters. The number of benzene rings is 1. The molecule has 0 nitrogen and oxygen atoms in total. The quantitative estimate of drug-likeness (QED) is 0.651. The Hall–Kier alpha value is -0.780. The largest absolute Gasteiger partial charge is 0.0648 e. The summed E-state index contributed by atoms with van der Waals surface area (Å²) in [4.78, 5) is 0. The molecule has 0 amide bonds.